The first-order valence-corrected chi connectivity index (χ1v) is 15.0. The Morgan fingerprint density at radius 1 is 0.583 bits per heavy atom. The van der Waals surface area contributed by atoms with Crippen LogP contribution in [0.25, 0.3) is 0 Å². The molecule has 0 spiro atoms. The van der Waals surface area contributed by atoms with E-state index >= 15 is 0 Å². The summed E-state index contributed by atoms with van der Waals surface area (Å²) in [5.41, 5.74) is -5.85. The Morgan fingerprint density at radius 2 is 0.861 bits per heavy atom. The van der Waals surface area contributed by atoms with Crippen molar-refractivity contribution in [2.75, 3.05) is 0 Å². The highest BCUT2D eigenvalue weighted by Crippen LogP contribution is 2.79. The van der Waals surface area contributed by atoms with Crippen molar-refractivity contribution in [1.29, 1.82) is 0 Å². The van der Waals surface area contributed by atoms with E-state index in [1.54, 1.807) is 0 Å². The van der Waals surface area contributed by atoms with Gasteiger partial charge in [-0.3, -0.25) is 4.79 Å². The second-order valence-electron chi connectivity index (χ2n) is 13.9. The van der Waals surface area contributed by atoms with Crippen LogP contribution in [-0.2, 0) is 9.53 Å². The molecule has 0 aliphatic heterocycles. The molecular weight excluding hydrogens is 452 g/mol. The predicted molar refractivity (Wildman–Crippen MR) is 144 cm³/mol. The maximum Gasteiger partial charge on any atom is 0.312 e. The molecule has 210 valence electrons. The summed E-state index contributed by atoms with van der Waals surface area (Å²) in [6, 6.07) is 0. The van der Waals surface area contributed by atoms with Gasteiger partial charge in [0, 0.05) is 16.2 Å². The molecule has 5 nitrogen and oxygen atoms in total. The van der Waals surface area contributed by atoms with Crippen LogP contribution in [0.2, 0.25) is 0 Å². The first-order valence-electron chi connectivity index (χ1n) is 15.0. The standard InChI is InChI=1S/C31H56O5/c1-10-24(8,9)23(32)36-28-20-25(29(33,11-2)12-3)17-26(21-28,30(34,13-4)14-5)19-27(18-25,22-28)31(35,15-6)16-7/h33-35H,10-22H2,1-9H3. The highest BCUT2D eigenvalue weighted by atomic mass is 16.6. The van der Waals surface area contributed by atoms with Crippen LogP contribution in [0.4, 0.5) is 0 Å². The van der Waals surface area contributed by atoms with Gasteiger partial charge in [0.15, 0.2) is 0 Å². The molecule has 4 saturated carbocycles. The van der Waals surface area contributed by atoms with Gasteiger partial charge < -0.3 is 20.1 Å². The quantitative estimate of drug-likeness (QED) is 0.255. The molecule has 3 N–H and O–H groups in total. The average molecular weight is 509 g/mol. The number of esters is 1. The average Bonchev–Trinajstić information content (AvgIpc) is 2.85. The van der Waals surface area contributed by atoms with Crippen LogP contribution >= 0.6 is 0 Å². The highest BCUT2D eigenvalue weighted by molar-refractivity contribution is 5.76. The largest absolute Gasteiger partial charge is 0.459 e. The summed E-state index contributed by atoms with van der Waals surface area (Å²) in [7, 11) is 0. The lowest BCUT2D eigenvalue weighted by atomic mass is 9.30. The number of ether oxygens (including phenoxy) is 1. The molecule has 5 heteroatoms. The van der Waals surface area contributed by atoms with Gasteiger partial charge in [0.2, 0.25) is 0 Å². The van der Waals surface area contributed by atoms with Gasteiger partial charge >= 0.3 is 5.97 Å². The molecule has 0 atom stereocenters. The molecule has 0 saturated heterocycles. The molecule has 4 rings (SSSR count). The van der Waals surface area contributed by atoms with Crippen molar-refractivity contribution in [2.45, 2.75) is 168 Å². The zero-order valence-electron chi connectivity index (χ0n) is 24.9. The van der Waals surface area contributed by atoms with E-state index in [9.17, 15) is 20.1 Å². The minimum absolute atomic E-state index is 0.197. The lowest BCUT2D eigenvalue weighted by Gasteiger charge is -2.77. The molecule has 0 heterocycles. The van der Waals surface area contributed by atoms with Crippen LogP contribution in [-0.4, -0.2) is 43.7 Å². The number of aliphatic hydroxyl groups is 3. The van der Waals surface area contributed by atoms with Crippen LogP contribution in [0, 0.1) is 21.7 Å². The number of rotatable bonds is 12. The number of carbonyl (C=O) groups is 1. The van der Waals surface area contributed by atoms with Crippen molar-refractivity contribution in [3.63, 3.8) is 0 Å². The summed E-state index contributed by atoms with van der Waals surface area (Å²) in [6.45, 7) is 18.2. The summed E-state index contributed by atoms with van der Waals surface area (Å²) >= 11 is 0. The SMILES string of the molecule is CCC(C)(C)C(=O)OC12CC3(C(O)(CC)CC)CC(C(O)(CC)CC)(C1)CC(C(O)(CC)CC)(C2)C3. The molecule has 0 amide bonds. The molecule has 4 bridgehead atoms. The third-order valence-corrected chi connectivity index (χ3v) is 12.2. The molecule has 4 aliphatic carbocycles. The summed E-state index contributed by atoms with van der Waals surface area (Å²) < 4.78 is 6.66. The van der Waals surface area contributed by atoms with Crippen LogP contribution in [0.3, 0.4) is 0 Å². The van der Waals surface area contributed by atoms with Gasteiger partial charge in [-0.15, -0.1) is 0 Å². The molecule has 0 aromatic carbocycles. The van der Waals surface area contributed by atoms with E-state index in [2.05, 4.69) is 41.5 Å². The second kappa shape index (κ2) is 9.23. The van der Waals surface area contributed by atoms with Gasteiger partial charge in [-0.05, 0) is 97.3 Å². The fourth-order valence-corrected chi connectivity index (χ4v) is 9.61. The Morgan fingerprint density at radius 3 is 1.08 bits per heavy atom. The molecule has 0 radical (unpaired) electrons. The Labute approximate surface area is 220 Å². The zero-order valence-corrected chi connectivity index (χ0v) is 24.9. The number of hydrogen-bond acceptors (Lipinski definition) is 5. The van der Waals surface area contributed by atoms with Crippen molar-refractivity contribution in [3.8, 4) is 0 Å². The summed E-state index contributed by atoms with van der Waals surface area (Å²) in [5.74, 6) is -0.197. The van der Waals surface area contributed by atoms with Crippen LogP contribution in [0.15, 0.2) is 0 Å². The van der Waals surface area contributed by atoms with Crippen molar-refractivity contribution < 1.29 is 24.9 Å². The van der Waals surface area contributed by atoms with E-state index in [1.165, 1.54) is 0 Å². The summed E-state index contributed by atoms with van der Waals surface area (Å²) in [5, 5.41) is 36.9. The maximum atomic E-state index is 13.7. The normalized spacial score (nSPS) is 34.8. The van der Waals surface area contributed by atoms with Crippen molar-refractivity contribution in [2.24, 2.45) is 21.7 Å². The fourth-order valence-electron chi connectivity index (χ4n) is 9.61. The molecule has 4 aliphatic rings. The summed E-state index contributed by atoms with van der Waals surface area (Å²) in [4.78, 5) is 13.7. The molecule has 36 heavy (non-hydrogen) atoms. The van der Waals surface area contributed by atoms with Gasteiger partial charge in [-0.2, -0.15) is 0 Å². The monoisotopic (exact) mass is 508 g/mol. The smallest absolute Gasteiger partial charge is 0.312 e. The Bertz CT molecular complexity index is 725. The van der Waals surface area contributed by atoms with Gasteiger partial charge in [0.25, 0.3) is 0 Å². The van der Waals surface area contributed by atoms with Crippen LogP contribution in [0.1, 0.15) is 146 Å². The predicted octanol–water partition coefficient (Wildman–Crippen LogP) is 6.70. The third-order valence-electron chi connectivity index (χ3n) is 12.2. The minimum Gasteiger partial charge on any atom is -0.459 e. The van der Waals surface area contributed by atoms with E-state index < -0.39 is 44.1 Å². The second-order valence-corrected chi connectivity index (χ2v) is 13.9. The summed E-state index contributed by atoms with van der Waals surface area (Å²) in [6.07, 6.45) is 8.30. The highest BCUT2D eigenvalue weighted by Gasteiger charge is 2.78. The van der Waals surface area contributed by atoms with Crippen molar-refractivity contribution in [3.05, 3.63) is 0 Å². The molecule has 0 aromatic rings. The van der Waals surface area contributed by atoms with E-state index in [0.717, 1.165) is 19.3 Å². The molecule has 0 unspecified atom stereocenters. The Hall–Kier alpha value is -0.650. The number of carbonyl (C=O) groups excluding carboxylic acids is 1. The first kappa shape index (κ1) is 29.9. The van der Waals surface area contributed by atoms with Crippen molar-refractivity contribution >= 4 is 5.97 Å². The molecular formula is C31H56O5. The lowest BCUT2D eigenvalue weighted by Crippen LogP contribution is -2.77. The number of hydrogen-bond donors (Lipinski definition) is 3. The van der Waals surface area contributed by atoms with Crippen LogP contribution < -0.4 is 0 Å². The van der Waals surface area contributed by atoms with Crippen LogP contribution in [0.5, 0.6) is 0 Å². The van der Waals surface area contributed by atoms with E-state index in [-0.39, 0.29) is 5.97 Å². The first-order chi connectivity index (χ1) is 16.5. The Balaban J connectivity index is 2.35. The Kier molecular flexibility index (Phi) is 7.66. The van der Waals surface area contributed by atoms with E-state index in [1.807, 2.05) is 20.8 Å². The minimum atomic E-state index is -0.951. The van der Waals surface area contributed by atoms with E-state index in [4.69, 9.17) is 4.74 Å². The molecule has 4 fully saturated rings. The third kappa shape index (κ3) is 3.92. The zero-order chi connectivity index (χ0) is 27.5. The van der Waals surface area contributed by atoms with Gasteiger partial charge in [-0.25, -0.2) is 0 Å². The molecule has 0 aromatic heterocycles. The lowest BCUT2D eigenvalue weighted by molar-refractivity contribution is -0.346. The van der Waals surface area contributed by atoms with Crippen molar-refractivity contribution in [1.82, 2.24) is 0 Å². The van der Waals surface area contributed by atoms with Gasteiger partial charge in [-0.1, -0.05) is 48.5 Å². The fraction of sp³-hybridized carbons (Fsp3) is 0.968. The maximum absolute atomic E-state index is 13.7. The van der Waals surface area contributed by atoms with Gasteiger partial charge in [0.1, 0.15) is 5.60 Å². The van der Waals surface area contributed by atoms with Gasteiger partial charge in [0.05, 0.1) is 22.2 Å². The topological polar surface area (TPSA) is 87.0 Å². The van der Waals surface area contributed by atoms with E-state index in [0.29, 0.717) is 64.2 Å².